The Bertz CT molecular complexity index is 163. The fourth-order valence-electron chi connectivity index (χ4n) is 0.675. The molecule has 1 aromatic carbocycles. The van der Waals surface area contributed by atoms with Gasteiger partial charge >= 0.3 is 0 Å². The van der Waals surface area contributed by atoms with Crippen LogP contribution in [0.25, 0.3) is 0 Å². The molecule has 0 aromatic heterocycles. The second kappa shape index (κ2) is 2.67. The fourth-order valence-corrected chi connectivity index (χ4v) is 0.675. The van der Waals surface area contributed by atoms with Crippen molar-refractivity contribution in [2.45, 2.75) is 5.92 Å². The van der Waals surface area contributed by atoms with Gasteiger partial charge < -0.3 is 0 Å². The molecule has 4 radical (unpaired) electrons. The van der Waals surface area contributed by atoms with E-state index >= 15 is 0 Å². The quantitative estimate of drug-likeness (QED) is 0.527. The van der Waals surface area contributed by atoms with E-state index < -0.39 is 0 Å². The van der Waals surface area contributed by atoms with E-state index in [2.05, 4.69) is 0 Å². The molecule has 0 nitrogen and oxygen atoms in total. The highest BCUT2D eigenvalue weighted by Gasteiger charge is 1.94. The van der Waals surface area contributed by atoms with E-state index in [0.29, 0.717) is 0 Å². The third-order valence-corrected chi connectivity index (χ3v) is 1.18. The lowest BCUT2D eigenvalue weighted by molar-refractivity contribution is 1.08. The van der Waals surface area contributed by atoms with Crippen molar-refractivity contribution in [2.24, 2.45) is 0 Å². The standard InChI is InChI=1S/C9H8/c1-8(2)9-6-4-3-5-7-9/h1-8H. The van der Waals surface area contributed by atoms with Crippen molar-refractivity contribution in [2.75, 3.05) is 0 Å². The smallest absolute Gasteiger partial charge is 0.00934 e. The summed E-state index contributed by atoms with van der Waals surface area (Å²) in [5, 5.41) is 0. The van der Waals surface area contributed by atoms with Gasteiger partial charge in [-0.3, -0.25) is 0 Å². The van der Waals surface area contributed by atoms with Crippen LogP contribution in [0, 0.1) is 13.8 Å². The van der Waals surface area contributed by atoms with Crippen LogP contribution in [-0.4, -0.2) is 0 Å². The molecule has 9 heavy (non-hydrogen) atoms. The molecule has 1 rings (SSSR count). The summed E-state index contributed by atoms with van der Waals surface area (Å²) >= 11 is 0. The highest BCUT2D eigenvalue weighted by atomic mass is 14.0. The minimum absolute atomic E-state index is 0.341. The van der Waals surface area contributed by atoms with E-state index in [4.69, 9.17) is 13.8 Å². The highest BCUT2D eigenvalue weighted by molar-refractivity contribution is 5.20. The molecule has 0 heteroatoms. The van der Waals surface area contributed by atoms with Crippen molar-refractivity contribution in [1.82, 2.24) is 0 Å². The Morgan fingerprint density at radius 2 is 1.56 bits per heavy atom. The second-order valence-corrected chi connectivity index (χ2v) is 1.94. The van der Waals surface area contributed by atoms with Crippen LogP contribution in [0.2, 0.25) is 0 Å². The minimum Gasteiger partial charge on any atom is -0.0622 e. The maximum absolute atomic E-state index is 5.39. The molecule has 1 aromatic rings. The molecular formula is C9H8. The number of hydrogen-bond acceptors (Lipinski definition) is 0. The Morgan fingerprint density at radius 3 is 1.89 bits per heavy atom. The van der Waals surface area contributed by atoms with Crippen molar-refractivity contribution in [3.63, 3.8) is 0 Å². The first kappa shape index (κ1) is 6.34. The lowest BCUT2D eigenvalue weighted by Gasteiger charge is -2.00. The summed E-state index contributed by atoms with van der Waals surface area (Å²) in [6.07, 6.45) is 0. The number of hydrogen-bond donors (Lipinski definition) is 0. The fraction of sp³-hybridized carbons (Fsp3) is 0.111. The van der Waals surface area contributed by atoms with Crippen LogP contribution in [-0.2, 0) is 0 Å². The molecule has 0 aliphatic rings. The summed E-state index contributed by atoms with van der Waals surface area (Å²) < 4.78 is 0. The number of benzene rings is 1. The molecule has 0 fully saturated rings. The molecule has 0 aliphatic heterocycles. The summed E-state index contributed by atoms with van der Waals surface area (Å²) in [6, 6.07) is 9.59. The van der Waals surface area contributed by atoms with Crippen molar-refractivity contribution >= 4 is 0 Å². The van der Waals surface area contributed by atoms with E-state index in [0.717, 1.165) is 5.56 Å². The van der Waals surface area contributed by atoms with E-state index in [9.17, 15) is 0 Å². The van der Waals surface area contributed by atoms with Gasteiger partial charge in [0.25, 0.3) is 0 Å². The van der Waals surface area contributed by atoms with E-state index in [1.807, 2.05) is 30.3 Å². The van der Waals surface area contributed by atoms with Gasteiger partial charge in [0, 0.05) is 0 Å². The molecule has 0 spiro atoms. The Labute approximate surface area is 56.5 Å². The molecule has 44 valence electrons. The van der Waals surface area contributed by atoms with Crippen LogP contribution in [0.3, 0.4) is 0 Å². The van der Waals surface area contributed by atoms with Crippen molar-refractivity contribution < 1.29 is 0 Å². The van der Waals surface area contributed by atoms with Crippen LogP contribution in [0.4, 0.5) is 0 Å². The summed E-state index contributed by atoms with van der Waals surface area (Å²) in [6.45, 7) is 10.8. The average molecular weight is 116 g/mol. The molecule has 0 bridgehead atoms. The largest absolute Gasteiger partial charge is 0.0622 e. The van der Waals surface area contributed by atoms with Gasteiger partial charge in [0.15, 0.2) is 0 Å². The average Bonchev–Trinajstić information content (AvgIpc) is 1.90. The molecule has 0 heterocycles. The van der Waals surface area contributed by atoms with Crippen molar-refractivity contribution in [3.05, 3.63) is 49.7 Å². The molecule has 0 amide bonds. The zero-order chi connectivity index (χ0) is 6.69. The maximum Gasteiger partial charge on any atom is -0.00934 e. The Balaban J connectivity index is 2.85. The lowest BCUT2D eigenvalue weighted by atomic mass is 10.0. The zero-order valence-electron chi connectivity index (χ0n) is 5.12. The van der Waals surface area contributed by atoms with Gasteiger partial charge in [0.05, 0.1) is 0 Å². The van der Waals surface area contributed by atoms with Gasteiger partial charge in [-0.2, -0.15) is 0 Å². The number of rotatable bonds is 1. The first-order chi connectivity index (χ1) is 4.30. The monoisotopic (exact) mass is 116 g/mol. The topological polar surface area (TPSA) is 0 Å². The third-order valence-electron chi connectivity index (χ3n) is 1.18. The zero-order valence-corrected chi connectivity index (χ0v) is 5.12. The minimum atomic E-state index is -0.341. The van der Waals surface area contributed by atoms with Gasteiger partial charge in [0.1, 0.15) is 0 Å². The molecular weight excluding hydrogens is 108 g/mol. The predicted molar refractivity (Wildman–Crippen MR) is 37.8 cm³/mol. The normalized spacial score (nSPS) is 10.1. The van der Waals surface area contributed by atoms with Crippen molar-refractivity contribution in [3.8, 4) is 0 Å². The van der Waals surface area contributed by atoms with Crippen LogP contribution >= 0.6 is 0 Å². The SMILES string of the molecule is [CH]C([CH])c1ccccc1. The van der Waals surface area contributed by atoms with Crippen LogP contribution in [0.1, 0.15) is 11.5 Å². The van der Waals surface area contributed by atoms with E-state index in [-0.39, 0.29) is 5.92 Å². The van der Waals surface area contributed by atoms with Crippen LogP contribution in [0.5, 0.6) is 0 Å². The Kier molecular flexibility index (Phi) is 1.88. The van der Waals surface area contributed by atoms with Crippen LogP contribution in [0.15, 0.2) is 30.3 Å². The first-order valence-electron chi connectivity index (χ1n) is 2.87. The van der Waals surface area contributed by atoms with Crippen molar-refractivity contribution in [1.29, 1.82) is 0 Å². The van der Waals surface area contributed by atoms with Gasteiger partial charge in [-0.25, -0.2) is 0 Å². The third kappa shape index (κ3) is 1.56. The van der Waals surface area contributed by atoms with Gasteiger partial charge in [-0.1, -0.05) is 30.3 Å². The highest BCUT2D eigenvalue weighted by Crippen LogP contribution is 2.10. The van der Waals surface area contributed by atoms with E-state index in [1.165, 1.54) is 0 Å². The second-order valence-electron chi connectivity index (χ2n) is 1.94. The Morgan fingerprint density at radius 1 is 1.00 bits per heavy atom. The maximum atomic E-state index is 5.39. The van der Waals surface area contributed by atoms with Gasteiger partial charge in [-0.05, 0) is 25.3 Å². The van der Waals surface area contributed by atoms with Gasteiger partial charge in [-0.15, -0.1) is 0 Å². The molecule has 0 atom stereocenters. The van der Waals surface area contributed by atoms with Crippen LogP contribution < -0.4 is 0 Å². The summed E-state index contributed by atoms with van der Waals surface area (Å²) in [7, 11) is 0. The molecule has 0 saturated heterocycles. The van der Waals surface area contributed by atoms with Gasteiger partial charge in [0.2, 0.25) is 0 Å². The Hall–Kier alpha value is -0.780. The first-order valence-corrected chi connectivity index (χ1v) is 2.87. The predicted octanol–water partition coefficient (Wildman–Crippen LogP) is 2.19. The summed E-state index contributed by atoms with van der Waals surface area (Å²) in [5.41, 5.74) is 0.970. The molecule has 0 unspecified atom stereocenters. The molecule has 0 saturated carbocycles. The summed E-state index contributed by atoms with van der Waals surface area (Å²) in [4.78, 5) is 0. The van der Waals surface area contributed by atoms with E-state index in [1.54, 1.807) is 0 Å². The molecule has 0 N–H and O–H groups in total. The summed E-state index contributed by atoms with van der Waals surface area (Å²) in [5.74, 6) is -0.341. The lowest BCUT2D eigenvalue weighted by Crippen LogP contribution is -1.84. The molecule has 0 aliphatic carbocycles.